The minimum atomic E-state index is 1.08. The van der Waals surface area contributed by atoms with Crippen molar-refractivity contribution >= 4 is 0 Å². The van der Waals surface area contributed by atoms with Gasteiger partial charge in [-0.25, -0.2) is 0 Å². The highest BCUT2D eigenvalue weighted by molar-refractivity contribution is 4.73. The maximum atomic E-state index is 4.60. The summed E-state index contributed by atoms with van der Waals surface area (Å²) in [5.74, 6) is 2.25. The Labute approximate surface area is 93.8 Å². The molecule has 0 heteroatoms. The molecule has 0 aromatic carbocycles. The molecule has 0 bridgehead atoms. The molecule has 14 heavy (non-hydrogen) atoms. The van der Waals surface area contributed by atoms with Gasteiger partial charge in [0.05, 0.1) is 0 Å². The fraction of sp³-hybridized carbons (Fsp3) is 0.714. The molecule has 0 amide bonds. The van der Waals surface area contributed by atoms with Gasteiger partial charge in [0, 0.05) is 0 Å². The molecule has 0 aromatic rings. The molecule has 0 saturated heterocycles. The molecule has 0 atom stereocenters. The molecular weight excluding hydrogens is 168 g/mol. The predicted molar refractivity (Wildman–Crippen MR) is 73.7 cm³/mol. The summed E-state index contributed by atoms with van der Waals surface area (Å²) in [6, 6.07) is 0. The minimum Gasteiger partial charge on any atom is -0.120 e. The third-order valence-electron chi connectivity index (χ3n) is 0.289. The van der Waals surface area contributed by atoms with E-state index >= 15 is 0 Å². The standard InChI is InChI=1S/C4H8.C3H8.C3H4.2C2H6/c1-3-4-2;2*1-3-2;2*1-2/h3H,1,4H2,2H3;3H2,1-2H3;1H,2H3;2*1-2H3. The fourth-order valence-corrected chi connectivity index (χ4v) is 0. The number of allylic oxidation sites excluding steroid dienone is 1. The van der Waals surface area contributed by atoms with Gasteiger partial charge in [-0.1, -0.05) is 61.0 Å². The van der Waals surface area contributed by atoms with Crippen molar-refractivity contribution in [2.24, 2.45) is 0 Å². The minimum absolute atomic E-state index is 1.08. The van der Waals surface area contributed by atoms with Gasteiger partial charge in [0.15, 0.2) is 0 Å². The summed E-state index contributed by atoms with van der Waals surface area (Å²) in [5.41, 5.74) is 0. The molecule has 0 aliphatic carbocycles. The molecule has 0 unspecified atom stereocenters. The van der Waals surface area contributed by atoms with Crippen LogP contribution in [0.25, 0.3) is 0 Å². The molecule has 88 valence electrons. The summed E-state index contributed by atoms with van der Waals surface area (Å²) in [4.78, 5) is 0. The Bertz CT molecular complexity index is 64.6. The molecule has 0 N–H and O–H groups in total. The van der Waals surface area contributed by atoms with E-state index in [1.807, 2.05) is 33.8 Å². The average Bonchev–Trinajstić information content (AvgIpc) is 2.26. The summed E-state index contributed by atoms with van der Waals surface area (Å²) in [5, 5.41) is 0. The Balaban J connectivity index is -0.0000000249. The lowest BCUT2D eigenvalue weighted by Gasteiger charge is -1.57. The van der Waals surface area contributed by atoms with Crippen LogP contribution in [-0.2, 0) is 0 Å². The van der Waals surface area contributed by atoms with Crippen molar-refractivity contribution in [2.75, 3.05) is 0 Å². The summed E-state index contributed by atoms with van der Waals surface area (Å²) < 4.78 is 0. The van der Waals surface area contributed by atoms with Gasteiger partial charge in [-0.15, -0.1) is 18.9 Å². The number of hydrogen-bond donors (Lipinski definition) is 0. The first-order valence-electron chi connectivity index (χ1n) is 5.73. The second-order valence-corrected chi connectivity index (χ2v) is 1.69. The van der Waals surface area contributed by atoms with Crippen LogP contribution in [0, 0.1) is 12.3 Å². The van der Waals surface area contributed by atoms with E-state index in [2.05, 4.69) is 39.7 Å². The van der Waals surface area contributed by atoms with Gasteiger partial charge >= 0.3 is 0 Å². The molecular formula is C14H32. The highest BCUT2D eigenvalue weighted by Gasteiger charge is 1.45. The SMILES string of the molecule is C#CC.C=CCC.CC.CC.CCC. The second kappa shape index (κ2) is 144. The average molecular weight is 200 g/mol. The van der Waals surface area contributed by atoms with Crippen LogP contribution < -0.4 is 0 Å². The Morgan fingerprint density at radius 2 is 1.14 bits per heavy atom. The predicted octanol–water partition coefficient (Wildman–Crippen LogP) is 5.69. The molecule has 0 spiro atoms. The Kier molecular flexibility index (Phi) is 301. The number of terminal acetylenes is 1. The topological polar surface area (TPSA) is 0 Å². The highest BCUT2D eigenvalue weighted by atomic mass is 13.5. The maximum absolute atomic E-state index is 4.60. The molecule has 0 radical (unpaired) electrons. The van der Waals surface area contributed by atoms with Crippen LogP contribution in [0.15, 0.2) is 12.7 Å². The van der Waals surface area contributed by atoms with Crippen molar-refractivity contribution in [1.29, 1.82) is 0 Å². The molecule has 0 aliphatic rings. The largest absolute Gasteiger partial charge is 0.120 e. The van der Waals surface area contributed by atoms with Crippen molar-refractivity contribution in [1.82, 2.24) is 0 Å². The third-order valence-corrected chi connectivity index (χ3v) is 0.289. The Hall–Kier alpha value is -0.700. The lowest BCUT2D eigenvalue weighted by atomic mass is 10.5. The van der Waals surface area contributed by atoms with Crippen molar-refractivity contribution in [3.05, 3.63) is 12.7 Å². The normalized spacial score (nSPS) is 4.50. The van der Waals surface area contributed by atoms with Crippen LogP contribution in [0.1, 0.15) is 68.2 Å². The van der Waals surface area contributed by atoms with Crippen LogP contribution in [0.3, 0.4) is 0 Å². The second-order valence-electron chi connectivity index (χ2n) is 1.69. The highest BCUT2D eigenvalue weighted by Crippen LogP contribution is 1.66. The molecule has 0 aromatic heterocycles. The van der Waals surface area contributed by atoms with Crippen molar-refractivity contribution in [2.45, 2.75) is 68.2 Å². The zero-order valence-corrected chi connectivity index (χ0v) is 11.8. The van der Waals surface area contributed by atoms with Gasteiger partial charge in [-0.3, -0.25) is 0 Å². The monoisotopic (exact) mass is 200 g/mol. The summed E-state index contributed by atoms with van der Waals surface area (Å²) in [6.07, 6.45) is 8.81. The maximum Gasteiger partial charge on any atom is -0.00297 e. The van der Waals surface area contributed by atoms with E-state index in [1.54, 1.807) is 6.92 Å². The summed E-state index contributed by atoms with van der Waals surface area (Å²) >= 11 is 0. The van der Waals surface area contributed by atoms with Gasteiger partial charge in [-0.05, 0) is 13.3 Å². The number of hydrogen-bond acceptors (Lipinski definition) is 0. The Morgan fingerprint density at radius 3 is 1.14 bits per heavy atom. The van der Waals surface area contributed by atoms with Gasteiger partial charge in [0.25, 0.3) is 0 Å². The first-order chi connectivity index (χ1) is 6.74. The van der Waals surface area contributed by atoms with E-state index in [4.69, 9.17) is 0 Å². The fourth-order valence-electron chi connectivity index (χ4n) is 0. The van der Waals surface area contributed by atoms with Crippen LogP contribution in [0.4, 0.5) is 0 Å². The van der Waals surface area contributed by atoms with Crippen molar-refractivity contribution in [3.63, 3.8) is 0 Å². The summed E-state index contributed by atoms with van der Waals surface area (Å²) in [7, 11) is 0. The molecule has 0 nitrogen and oxygen atoms in total. The first kappa shape index (κ1) is 29.2. The zero-order chi connectivity index (χ0) is 12.8. The van der Waals surface area contributed by atoms with E-state index in [0.29, 0.717) is 0 Å². The lowest BCUT2D eigenvalue weighted by Crippen LogP contribution is -1.36. The van der Waals surface area contributed by atoms with E-state index in [1.165, 1.54) is 6.42 Å². The van der Waals surface area contributed by atoms with E-state index < -0.39 is 0 Å². The van der Waals surface area contributed by atoms with Crippen LogP contribution in [0.2, 0.25) is 0 Å². The zero-order valence-electron chi connectivity index (χ0n) is 11.8. The Morgan fingerprint density at radius 1 is 1.07 bits per heavy atom. The molecule has 0 heterocycles. The smallest absolute Gasteiger partial charge is 0.00297 e. The quantitative estimate of drug-likeness (QED) is 0.377. The van der Waals surface area contributed by atoms with Gasteiger partial charge in [0.2, 0.25) is 0 Å². The van der Waals surface area contributed by atoms with Gasteiger partial charge in [-0.2, -0.15) is 0 Å². The molecule has 0 saturated carbocycles. The van der Waals surface area contributed by atoms with Crippen LogP contribution in [-0.4, -0.2) is 0 Å². The first-order valence-corrected chi connectivity index (χ1v) is 5.73. The van der Waals surface area contributed by atoms with E-state index in [9.17, 15) is 0 Å². The van der Waals surface area contributed by atoms with E-state index in [0.717, 1.165) is 6.42 Å². The van der Waals surface area contributed by atoms with E-state index in [-0.39, 0.29) is 0 Å². The lowest BCUT2D eigenvalue weighted by molar-refractivity contribution is 1.09. The third kappa shape index (κ3) is 13300. The molecule has 0 fully saturated rings. The van der Waals surface area contributed by atoms with Gasteiger partial charge < -0.3 is 0 Å². The molecule has 0 rings (SSSR count). The molecule has 0 aliphatic heterocycles. The van der Waals surface area contributed by atoms with Crippen molar-refractivity contribution < 1.29 is 0 Å². The summed E-state index contributed by atoms with van der Waals surface area (Å²) in [6.45, 7) is 19.4. The van der Waals surface area contributed by atoms with Crippen LogP contribution >= 0.6 is 0 Å². The van der Waals surface area contributed by atoms with Crippen molar-refractivity contribution in [3.8, 4) is 12.3 Å². The van der Waals surface area contributed by atoms with Crippen LogP contribution in [0.5, 0.6) is 0 Å². The number of rotatable bonds is 1. The van der Waals surface area contributed by atoms with Gasteiger partial charge in [0.1, 0.15) is 0 Å².